The van der Waals surface area contributed by atoms with E-state index in [1.165, 1.54) is 11.3 Å². The van der Waals surface area contributed by atoms with E-state index in [0.717, 1.165) is 28.0 Å². The number of rotatable bonds is 6. The van der Waals surface area contributed by atoms with Gasteiger partial charge in [-0.1, -0.05) is 55.5 Å². The normalized spacial score (nSPS) is 11.7. The van der Waals surface area contributed by atoms with Gasteiger partial charge in [-0.15, -0.1) is 11.3 Å². The Balaban J connectivity index is 1.70. The van der Waals surface area contributed by atoms with Crippen LogP contribution in [0.2, 0.25) is 0 Å². The average molecular weight is 394 g/mol. The van der Waals surface area contributed by atoms with Crippen LogP contribution < -0.4 is 5.32 Å². The third-order valence-electron chi connectivity index (χ3n) is 4.47. The Labute approximate surface area is 169 Å². The molecule has 0 spiro atoms. The predicted molar refractivity (Wildman–Crippen MR) is 114 cm³/mol. The topological polar surface area (TPSA) is 55.4 Å². The Morgan fingerprint density at radius 1 is 1.07 bits per heavy atom. The SMILES string of the molecule is CCc1sc(C(=O)O[C@H](C)C(=O)Nc2ccccc2-c2ccccc2)cc1C. The molecule has 3 aromatic rings. The fourth-order valence-corrected chi connectivity index (χ4v) is 3.94. The second kappa shape index (κ2) is 8.85. The summed E-state index contributed by atoms with van der Waals surface area (Å²) < 4.78 is 5.39. The molecule has 1 heterocycles. The molecule has 2 aromatic carbocycles. The van der Waals surface area contributed by atoms with E-state index in [-0.39, 0.29) is 5.91 Å². The fraction of sp³-hybridized carbons (Fsp3) is 0.217. The number of thiophene rings is 1. The molecule has 1 amide bonds. The lowest BCUT2D eigenvalue weighted by Crippen LogP contribution is -2.30. The Hall–Kier alpha value is -2.92. The van der Waals surface area contributed by atoms with E-state index in [2.05, 4.69) is 5.32 Å². The molecule has 28 heavy (non-hydrogen) atoms. The van der Waals surface area contributed by atoms with Gasteiger partial charge in [0, 0.05) is 16.1 Å². The van der Waals surface area contributed by atoms with Gasteiger partial charge in [-0.2, -0.15) is 0 Å². The van der Waals surface area contributed by atoms with Gasteiger partial charge in [-0.05, 0) is 43.5 Å². The molecule has 3 rings (SSSR count). The van der Waals surface area contributed by atoms with Gasteiger partial charge in [0.05, 0.1) is 0 Å². The van der Waals surface area contributed by atoms with Crippen LogP contribution in [0.15, 0.2) is 60.7 Å². The first-order valence-corrected chi connectivity index (χ1v) is 10.1. The van der Waals surface area contributed by atoms with Gasteiger partial charge in [0.15, 0.2) is 6.10 Å². The summed E-state index contributed by atoms with van der Waals surface area (Å²) >= 11 is 1.42. The largest absolute Gasteiger partial charge is 0.448 e. The van der Waals surface area contributed by atoms with Crippen molar-refractivity contribution in [3.8, 4) is 11.1 Å². The fourth-order valence-electron chi connectivity index (χ4n) is 2.94. The van der Waals surface area contributed by atoms with E-state index in [0.29, 0.717) is 10.6 Å². The minimum absolute atomic E-state index is 0.360. The number of para-hydroxylation sites is 1. The van der Waals surface area contributed by atoms with Crippen molar-refractivity contribution < 1.29 is 14.3 Å². The number of nitrogens with one attached hydrogen (secondary N) is 1. The number of carbonyl (C=O) groups excluding carboxylic acids is 2. The summed E-state index contributed by atoms with van der Waals surface area (Å²) in [4.78, 5) is 26.7. The molecule has 4 nitrogen and oxygen atoms in total. The van der Waals surface area contributed by atoms with Gasteiger partial charge in [-0.3, -0.25) is 4.79 Å². The van der Waals surface area contributed by atoms with Crippen LogP contribution in [-0.4, -0.2) is 18.0 Å². The van der Waals surface area contributed by atoms with Crippen LogP contribution >= 0.6 is 11.3 Å². The molecule has 0 bridgehead atoms. The first-order chi connectivity index (χ1) is 13.5. The molecule has 0 radical (unpaired) electrons. The summed E-state index contributed by atoms with van der Waals surface area (Å²) in [5.41, 5.74) is 3.68. The van der Waals surface area contributed by atoms with Crippen LogP contribution in [0, 0.1) is 6.92 Å². The first-order valence-electron chi connectivity index (χ1n) is 9.25. The molecule has 0 saturated heterocycles. The lowest BCUT2D eigenvalue weighted by Gasteiger charge is -2.15. The molecule has 1 N–H and O–H groups in total. The second-order valence-corrected chi connectivity index (χ2v) is 7.66. The average Bonchev–Trinajstić information content (AvgIpc) is 3.10. The van der Waals surface area contributed by atoms with Crippen molar-refractivity contribution in [1.29, 1.82) is 0 Å². The number of carbonyl (C=O) groups is 2. The molecule has 0 aliphatic heterocycles. The van der Waals surface area contributed by atoms with Crippen molar-refractivity contribution in [2.75, 3.05) is 5.32 Å². The van der Waals surface area contributed by atoms with E-state index in [1.54, 1.807) is 6.92 Å². The molecule has 0 unspecified atom stereocenters. The Kier molecular flexibility index (Phi) is 6.26. The molecular formula is C23H23NO3S. The molecule has 0 fully saturated rings. The zero-order valence-electron chi connectivity index (χ0n) is 16.2. The number of aryl methyl sites for hydroxylation is 2. The predicted octanol–water partition coefficient (Wildman–Crippen LogP) is 5.47. The number of esters is 1. The minimum atomic E-state index is -0.899. The summed E-state index contributed by atoms with van der Waals surface area (Å²) in [7, 11) is 0. The van der Waals surface area contributed by atoms with E-state index in [4.69, 9.17) is 4.74 Å². The van der Waals surface area contributed by atoms with Crippen LogP contribution in [0.4, 0.5) is 5.69 Å². The van der Waals surface area contributed by atoms with E-state index in [9.17, 15) is 9.59 Å². The number of hydrogen-bond acceptors (Lipinski definition) is 4. The van der Waals surface area contributed by atoms with Gasteiger partial charge < -0.3 is 10.1 Å². The van der Waals surface area contributed by atoms with Crippen LogP contribution in [-0.2, 0) is 16.0 Å². The van der Waals surface area contributed by atoms with Gasteiger partial charge >= 0.3 is 5.97 Å². The van der Waals surface area contributed by atoms with Gasteiger partial charge in [-0.25, -0.2) is 4.79 Å². The summed E-state index contributed by atoms with van der Waals surface area (Å²) in [6.07, 6.45) is -0.0281. The van der Waals surface area contributed by atoms with Crippen molar-refractivity contribution in [1.82, 2.24) is 0 Å². The standard InChI is InChI=1S/C23H23NO3S/c1-4-20-15(2)14-21(28-20)23(26)27-16(3)22(25)24-19-13-9-8-12-18(19)17-10-6-5-7-11-17/h5-14,16H,4H2,1-3H3,(H,24,25)/t16-/m1/s1. The third kappa shape index (κ3) is 4.49. The van der Waals surface area contributed by atoms with Crippen molar-refractivity contribution in [2.45, 2.75) is 33.3 Å². The minimum Gasteiger partial charge on any atom is -0.448 e. The second-order valence-electron chi connectivity index (χ2n) is 6.52. The zero-order chi connectivity index (χ0) is 20.1. The molecule has 1 atom stereocenters. The third-order valence-corrected chi connectivity index (χ3v) is 5.83. The van der Waals surface area contributed by atoms with Crippen molar-refractivity contribution in [3.63, 3.8) is 0 Å². The highest BCUT2D eigenvalue weighted by molar-refractivity contribution is 7.14. The molecular weight excluding hydrogens is 370 g/mol. The highest BCUT2D eigenvalue weighted by atomic mass is 32.1. The maximum absolute atomic E-state index is 12.6. The van der Waals surface area contributed by atoms with Crippen molar-refractivity contribution >= 4 is 28.9 Å². The quantitative estimate of drug-likeness (QED) is 0.565. The highest BCUT2D eigenvalue weighted by Gasteiger charge is 2.21. The zero-order valence-corrected chi connectivity index (χ0v) is 17.0. The number of anilines is 1. The number of benzene rings is 2. The Bertz CT molecular complexity index is 979. The van der Waals surface area contributed by atoms with Gasteiger partial charge in [0.2, 0.25) is 0 Å². The van der Waals surface area contributed by atoms with Crippen molar-refractivity contribution in [3.05, 3.63) is 76.0 Å². The van der Waals surface area contributed by atoms with Crippen LogP contribution in [0.1, 0.15) is 34.0 Å². The summed E-state index contributed by atoms with van der Waals surface area (Å²) in [6, 6.07) is 19.2. The lowest BCUT2D eigenvalue weighted by atomic mass is 10.0. The molecule has 0 aliphatic rings. The summed E-state index contributed by atoms with van der Waals surface area (Å²) in [5.74, 6) is -0.826. The van der Waals surface area contributed by atoms with Crippen molar-refractivity contribution in [2.24, 2.45) is 0 Å². The van der Waals surface area contributed by atoms with Gasteiger partial charge in [0.25, 0.3) is 5.91 Å². The van der Waals surface area contributed by atoms with E-state index < -0.39 is 12.1 Å². The Morgan fingerprint density at radius 2 is 1.75 bits per heavy atom. The maximum atomic E-state index is 12.6. The van der Waals surface area contributed by atoms with E-state index in [1.807, 2.05) is 74.5 Å². The summed E-state index contributed by atoms with van der Waals surface area (Å²) in [6.45, 7) is 5.61. The highest BCUT2D eigenvalue weighted by Crippen LogP contribution is 2.28. The number of hydrogen-bond donors (Lipinski definition) is 1. The number of amides is 1. The van der Waals surface area contributed by atoms with Crippen LogP contribution in [0.5, 0.6) is 0 Å². The molecule has 5 heteroatoms. The monoisotopic (exact) mass is 393 g/mol. The first kappa shape index (κ1) is 19.8. The van der Waals surface area contributed by atoms with Crippen LogP contribution in [0.3, 0.4) is 0 Å². The maximum Gasteiger partial charge on any atom is 0.349 e. The number of ether oxygens (including phenoxy) is 1. The smallest absolute Gasteiger partial charge is 0.349 e. The lowest BCUT2D eigenvalue weighted by molar-refractivity contribution is -0.123. The Morgan fingerprint density at radius 3 is 2.43 bits per heavy atom. The van der Waals surface area contributed by atoms with Gasteiger partial charge in [0.1, 0.15) is 4.88 Å². The van der Waals surface area contributed by atoms with Crippen LogP contribution in [0.25, 0.3) is 11.1 Å². The molecule has 1 aromatic heterocycles. The molecule has 0 aliphatic carbocycles. The molecule has 144 valence electrons. The molecule has 0 saturated carbocycles. The summed E-state index contributed by atoms with van der Waals surface area (Å²) in [5, 5.41) is 2.88. The van der Waals surface area contributed by atoms with E-state index >= 15 is 0 Å².